The second-order valence-corrected chi connectivity index (χ2v) is 6.82. The normalized spacial score (nSPS) is 15.9. The van der Waals surface area contributed by atoms with E-state index in [0.717, 1.165) is 38.3 Å². The van der Waals surface area contributed by atoms with Gasteiger partial charge in [0.2, 0.25) is 5.91 Å². The minimum Gasteiger partial charge on any atom is -0.343 e. The van der Waals surface area contributed by atoms with Crippen LogP contribution in [0.5, 0.6) is 0 Å². The number of piperidine rings is 1. The zero-order chi connectivity index (χ0) is 16.9. The molecule has 1 fully saturated rings. The van der Waals surface area contributed by atoms with Gasteiger partial charge in [-0.15, -0.1) is 0 Å². The van der Waals surface area contributed by atoms with Crippen LogP contribution in [0.25, 0.3) is 0 Å². The number of carbonyl (C=O) groups excluding carboxylic acids is 1. The molecule has 1 aliphatic rings. The molecule has 0 radical (unpaired) electrons. The summed E-state index contributed by atoms with van der Waals surface area (Å²) in [5.41, 5.74) is 1.34. The zero-order valence-electron chi connectivity index (χ0n) is 14.6. The van der Waals surface area contributed by atoms with E-state index in [1.165, 1.54) is 5.56 Å². The summed E-state index contributed by atoms with van der Waals surface area (Å²) in [4.78, 5) is 23.0. The minimum atomic E-state index is 0.256. The van der Waals surface area contributed by atoms with Crippen molar-refractivity contribution in [2.45, 2.75) is 51.5 Å². The Morgan fingerprint density at radius 1 is 1.21 bits per heavy atom. The van der Waals surface area contributed by atoms with E-state index < -0.39 is 0 Å². The van der Waals surface area contributed by atoms with Crippen LogP contribution < -0.4 is 0 Å². The van der Waals surface area contributed by atoms with Crippen LogP contribution in [0.15, 0.2) is 36.9 Å². The molecule has 2 aromatic heterocycles. The Balaban J connectivity index is 1.49. The molecule has 0 spiro atoms. The molecule has 0 aromatic carbocycles. The fraction of sp³-hybridized carbons (Fsp3) is 0.526. The molecule has 0 atom stereocenters. The third-order valence-corrected chi connectivity index (χ3v) is 4.86. The van der Waals surface area contributed by atoms with Crippen molar-refractivity contribution in [3.05, 3.63) is 48.3 Å². The standard InChI is InChI=1S/C19H26N4O/c1-15(2)19-21-10-14-23(19)13-7-18(24)22-11-5-17(6-12-22)16-3-8-20-9-4-16/h3-4,8-10,14-15,17H,5-7,11-13H2,1-2H3. The first-order chi connectivity index (χ1) is 11.6. The predicted octanol–water partition coefficient (Wildman–Crippen LogP) is 3.20. The Morgan fingerprint density at radius 3 is 2.58 bits per heavy atom. The van der Waals surface area contributed by atoms with Crippen LogP contribution in [0.4, 0.5) is 0 Å². The molecule has 0 unspecified atom stereocenters. The van der Waals surface area contributed by atoms with Crippen molar-refractivity contribution in [1.82, 2.24) is 19.4 Å². The number of imidazole rings is 1. The van der Waals surface area contributed by atoms with Crippen LogP contribution in [0.3, 0.4) is 0 Å². The summed E-state index contributed by atoms with van der Waals surface area (Å²) in [5.74, 6) is 2.25. The minimum absolute atomic E-state index is 0.256. The van der Waals surface area contributed by atoms with Crippen molar-refractivity contribution in [3.63, 3.8) is 0 Å². The third-order valence-electron chi connectivity index (χ3n) is 4.86. The summed E-state index contributed by atoms with van der Waals surface area (Å²) >= 11 is 0. The SMILES string of the molecule is CC(C)c1nccn1CCC(=O)N1CCC(c2ccncc2)CC1. The Hall–Kier alpha value is -2.17. The number of likely N-dealkylation sites (tertiary alicyclic amines) is 1. The Labute approximate surface area is 143 Å². The summed E-state index contributed by atoms with van der Waals surface area (Å²) < 4.78 is 2.10. The van der Waals surface area contributed by atoms with Crippen LogP contribution >= 0.6 is 0 Å². The van der Waals surface area contributed by atoms with Gasteiger partial charge < -0.3 is 9.47 Å². The number of hydrogen-bond donors (Lipinski definition) is 0. The van der Waals surface area contributed by atoms with Gasteiger partial charge >= 0.3 is 0 Å². The van der Waals surface area contributed by atoms with Gasteiger partial charge in [0.05, 0.1) is 0 Å². The van der Waals surface area contributed by atoms with Crippen molar-refractivity contribution in [2.75, 3.05) is 13.1 Å². The van der Waals surface area contributed by atoms with Crippen molar-refractivity contribution >= 4 is 5.91 Å². The molecular formula is C19H26N4O. The lowest BCUT2D eigenvalue weighted by Crippen LogP contribution is -2.38. The van der Waals surface area contributed by atoms with E-state index in [9.17, 15) is 4.79 Å². The van der Waals surface area contributed by atoms with Crippen LogP contribution in [-0.4, -0.2) is 38.4 Å². The molecular weight excluding hydrogens is 300 g/mol. The van der Waals surface area contributed by atoms with Gasteiger partial charge in [0.1, 0.15) is 5.82 Å². The highest BCUT2D eigenvalue weighted by Gasteiger charge is 2.23. The van der Waals surface area contributed by atoms with E-state index in [4.69, 9.17) is 0 Å². The van der Waals surface area contributed by atoms with Crippen LogP contribution in [-0.2, 0) is 11.3 Å². The van der Waals surface area contributed by atoms with E-state index in [1.807, 2.05) is 29.7 Å². The highest BCUT2D eigenvalue weighted by atomic mass is 16.2. The van der Waals surface area contributed by atoms with E-state index in [1.54, 1.807) is 0 Å². The fourth-order valence-electron chi connectivity index (χ4n) is 3.48. The third kappa shape index (κ3) is 3.83. The van der Waals surface area contributed by atoms with Gasteiger partial charge in [-0.3, -0.25) is 9.78 Å². The number of pyridine rings is 1. The summed E-state index contributed by atoms with van der Waals surface area (Å²) in [7, 11) is 0. The monoisotopic (exact) mass is 326 g/mol. The summed E-state index contributed by atoms with van der Waals surface area (Å²) in [6.45, 7) is 6.69. The molecule has 0 aliphatic carbocycles. The lowest BCUT2D eigenvalue weighted by molar-refractivity contribution is -0.132. The molecule has 0 bridgehead atoms. The molecule has 3 rings (SSSR count). The largest absolute Gasteiger partial charge is 0.343 e. The second kappa shape index (κ2) is 7.60. The first-order valence-corrected chi connectivity index (χ1v) is 8.84. The number of aromatic nitrogens is 3. The number of rotatable bonds is 5. The smallest absolute Gasteiger partial charge is 0.224 e. The van der Waals surface area contributed by atoms with Crippen molar-refractivity contribution < 1.29 is 4.79 Å². The Bertz CT molecular complexity index is 657. The molecule has 0 N–H and O–H groups in total. The van der Waals surface area contributed by atoms with Crippen molar-refractivity contribution in [1.29, 1.82) is 0 Å². The topological polar surface area (TPSA) is 51.0 Å². The molecule has 5 nitrogen and oxygen atoms in total. The molecule has 2 aromatic rings. The first-order valence-electron chi connectivity index (χ1n) is 8.84. The van der Waals surface area contributed by atoms with Gasteiger partial charge in [0.25, 0.3) is 0 Å². The lowest BCUT2D eigenvalue weighted by atomic mass is 9.90. The maximum atomic E-state index is 12.5. The predicted molar refractivity (Wildman–Crippen MR) is 93.7 cm³/mol. The van der Waals surface area contributed by atoms with Crippen molar-refractivity contribution in [2.24, 2.45) is 0 Å². The molecule has 5 heteroatoms. The maximum Gasteiger partial charge on any atom is 0.224 e. The van der Waals surface area contributed by atoms with Crippen LogP contribution in [0.2, 0.25) is 0 Å². The Kier molecular flexibility index (Phi) is 5.28. The first kappa shape index (κ1) is 16.7. The van der Waals surface area contributed by atoms with Gasteiger partial charge in [-0.1, -0.05) is 13.8 Å². The zero-order valence-corrected chi connectivity index (χ0v) is 14.6. The van der Waals surface area contributed by atoms with Gasteiger partial charge in [0.15, 0.2) is 0 Å². The second-order valence-electron chi connectivity index (χ2n) is 6.82. The number of hydrogen-bond acceptors (Lipinski definition) is 3. The quantitative estimate of drug-likeness (QED) is 0.848. The summed E-state index contributed by atoms with van der Waals surface area (Å²) in [6, 6.07) is 4.18. The highest BCUT2D eigenvalue weighted by molar-refractivity contribution is 5.76. The summed E-state index contributed by atoms with van der Waals surface area (Å²) in [6.07, 6.45) is 10.1. The molecule has 24 heavy (non-hydrogen) atoms. The molecule has 0 saturated carbocycles. The molecule has 3 heterocycles. The van der Waals surface area contributed by atoms with Crippen molar-refractivity contribution in [3.8, 4) is 0 Å². The van der Waals surface area contributed by atoms with E-state index in [-0.39, 0.29) is 5.91 Å². The number of amides is 1. The number of nitrogens with zero attached hydrogens (tertiary/aromatic N) is 4. The fourth-order valence-corrected chi connectivity index (χ4v) is 3.48. The van der Waals surface area contributed by atoms with E-state index in [0.29, 0.717) is 18.3 Å². The average molecular weight is 326 g/mol. The van der Waals surface area contributed by atoms with E-state index in [2.05, 4.69) is 40.5 Å². The van der Waals surface area contributed by atoms with E-state index >= 15 is 0 Å². The average Bonchev–Trinajstić information content (AvgIpc) is 3.09. The van der Waals surface area contributed by atoms with Gasteiger partial charge in [-0.25, -0.2) is 4.98 Å². The number of carbonyl (C=O) groups is 1. The van der Waals surface area contributed by atoms with Crippen LogP contribution in [0, 0.1) is 0 Å². The molecule has 128 valence electrons. The number of aryl methyl sites for hydroxylation is 1. The maximum absolute atomic E-state index is 12.5. The lowest BCUT2D eigenvalue weighted by Gasteiger charge is -2.32. The molecule has 1 saturated heterocycles. The summed E-state index contributed by atoms with van der Waals surface area (Å²) in [5, 5.41) is 0. The van der Waals surface area contributed by atoms with Gasteiger partial charge in [-0.05, 0) is 36.5 Å². The van der Waals surface area contributed by atoms with Gasteiger partial charge in [0, 0.05) is 56.8 Å². The Morgan fingerprint density at radius 2 is 1.92 bits per heavy atom. The van der Waals surface area contributed by atoms with Gasteiger partial charge in [-0.2, -0.15) is 0 Å². The highest BCUT2D eigenvalue weighted by Crippen LogP contribution is 2.27. The molecule has 1 amide bonds. The van der Waals surface area contributed by atoms with Crippen LogP contribution in [0.1, 0.15) is 56.3 Å². The molecule has 1 aliphatic heterocycles.